The van der Waals surface area contributed by atoms with Crippen molar-refractivity contribution >= 4 is 54.5 Å². The maximum absolute atomic E-state index is 13.2. The van der Waals surface area contributed by atoms with Crippen LogP contribution in [0.5, 0.6) is 0 Å². The van der Waals surface area contributed by atoms with E-state index in [4.69, 9.17) is 0 Å². The summed E-state index contributed by atoms with van der Waals surface area (Å²) < 4.78 is 5.30. The number of halogens is 1. The second kappa shape index (κ2) is 8.00. The van der Waals surface area contributed by atoms with Gasteiger partial charge in [-0.05, 0) is 48.4 Å². The normalized spacial score (nSPS) is 11.6. The number of hydrogen-bond donors (Lipinski definition) is 0. The molecule has 0 saturated heterocycles. The zero-order chi connectivity index (χ0) is 23.4. The van der Waals surface area contributed by atoms with Gasteiger partial charge in [-0.1, -0.05) is 76.6 Å². The van der Waals surface area contributed by atoms with E-state index < -0.39 is 0 Å². The molecule has 6 aromatic rings. The number of carbonyl (C=O) groups excluding carboxylic acids is 1. The van der Waals surface area contributed by atoms with E-state index in [-0.39, 0.29) is 5.91 Å². The van der Waals surface area contributed by atoms with Crippen LogP contribution in [0.2, 0.25) is 0 Å². The van der Waals surface area contributed by atoms with Gasteiger partial charge in [-0.3, -0.25) is 9.36 Å². The van der Waals surface area contributed by atoms with E-state index in [2.05, 4.69) is 94.2 Å². The third-order valence-electron chi connectivity index (χ3n) is 6.66. The molecule has 0 aliphatic rings. The standard InChI is InChI=1S/C30H23BrN2O/c1-3-32-26-15-14-22(31)16-23(26)24-17-28-25(18-27(24)32)29(20-10-6-4-7-11-20)30(33(28)19(2)34)21-12-8-5-9-13-21/h4-18H,3H2,1-2H3. The minimum absolute atomic E-state index is 0.00537. The number of aromatic nitrogens is 2. The predicted molar refractivity (Wildman–Crippen MR) is 145 cm³/mol. The van der Waals surface area contributed by atoms with Crippen LogP contribution in [-0.2, 0) is 6.54 Å². The lowest BCUT2D eigenvalue weighted by atomic mass is 9.98. The molecule has 0 saturated carbocycles. The Morgan fingerprint density at radius 3 is 2.00 bits per heavy atom. The van der Waals surface area contributed by atoms with Crippen LogP contribution >= 0.6 is 15.9 Å². The number of benzene rings is 4. The van der Waals surface area contributed by atoms with Gasteiger partial charge in [0.15, 0.2) is 0 Å². The van der Waals surface area contributed by atoms with Gasteiger partial charge in [0.05, 0.1) is 11.2 Å². The summed E-state index contributed by atoms with van der Waals surface area (Å²) in [6.45, 7) is 4.70. The second-order valence-corrected chi connectivity index (χ2v) is 9.52. The summed E-state index contributed by atoms with van der Waals surface area (Å²) in [6, 6.07) is 31.5. The Morgan fingerprint density at radius 2 is 1.35 bits per heavy atom. The largest absolute Gasteiger partial charge is 0.341 e. The molecule has 6 rings (SSSR count). The lowest BCUT2D eigenvalue weighted by Crippen LogP contribution is -2.07. The summed E-state index contributed by atoms with van der Waals surface area (Å²) in [7, 11) is 0. The van der Waals surface area contributed by atoms with Crippen molar-refractivity contribution in [3.05, 3.63) is 95.5 Å². The van der Waals surface area contributed by atoms with Crippen LogP contribution in [0.3, 0.4) is 0 Å². The first kappa shape index (κ1) is 20.9. The van der Waals surface area contributed by atoms with Gasteiger partial charge in [0.25, 0.3) is 0 Å². The summed E-state index contributed by atoms with van der Waals surface area (Å²) in [5.74, 6) is 0.00537. The van der Waals surface area contributed by atoms with E-state index in [1.54, 1.807) is 6.92 Å². The number of aryl methyl sites for hydroxylation is 1. The fraction of sp³-hybridized carbons (Fsp3) is 0.100. The summed E-state index contributed by atoms with van der Waals surface area (Å²) in [6.07, 6.45) is 0. The van der Waals surface area contributed by atoms with Gasteiger partial charge in [-0.15, -0.1) is 0 Å². The Labute approximate surface area is 206 Å². The van der Waals surface area contributed by atoms with Crippen LogP contribution in [0.25, 0.3) is 55.1 Å². The Hall–Kier alpha value is -3.63. The first-order valence-electron chi connectivity index (χ1n) is 11.5. The van der Waals surface area contributed by atoms with Crippen molar-refractivity contribution in [2.75, 3.05) is 0 Å². The lowest BCUT2D eigenvalue weighted by molar-refractivity contribution is 0.0943. The highest BCUT2D eigenvalue weighted by Crippen LogP contribution is 2.44. The van der Waals surface area contributed by atoms with Gasteiger partial charge in [0.1, 0.15) is 0 Å². The van der Waals surface area contributed by atoms with Gasteiger partial charge in [-0.25, -0.2) is 0 Å². The molecule has 2 heterocycles. The SMILES string of the molecule is CCn1c2ccc(Br)cc2c2cc3c(cc21)c(-c1ccccc1)c(-c1ccccc1)n3C(C)=O. The Bertz CT molecular complexity index is 1710. The van der Waals surface area contributed by atoms with Crippen molar-refractivity contribution in [3.63, 3.8) is 0 Å². The Kier molecular flexibility index (Phi) is 4.93. The lowest BCUT2D eigenvalue weighted by Gasteiger charge is -2.10. The van der Waals surface area contributed by atoms with Crippen LogP contribution in [0.4, 0.5) is 0 Å². The average Bonchev–Trinajstić information content (AvgIpc) is 3.35. The molecule has 0 unspecified atom stereocenters. The molecule has 4 heteroatoms. The highest BCUT2D eigenvalue weighted by molar-refractivity contribution is 9.10. The zero-order valence-electron chi connectivity index (χ0n) is 19.0. The predicted octanol–water partition coefficient (Wildman–Crippen LogP) is 8.53. The molecule has 0 N–H and O–H groups in total. The van der Waals surface area contributed by atoms with Gasteiger partial charge in [-0.2, -0.15) is 0 Å². The highest BCUT2D eigenvalue weighted by Gasteiger charge is 2.24. The number of hydrogen-bond acceptors (Lipinski definition) is 1. The van der Waals surface area contributed by atoms with E-state index in [0.717, 1.165) is 49.7 Å². The third kappa shape index (κ3) is 3.06. The molecule has 3 nitrogen and oxygen atoms in total. The topological polar surface area (TPSA) is 26.9 Å². The van der Waals surface area contributed by atoms with E-state index in [1.807, 2.05) is 28.8 Å². The summed E-state index contributed by atoms with van der Waals surface area (Å²) in [4.78, 5) is 13.2. The molecule has 0 amide bonds. The summed E-state index contributed by atoms with van der Waals surface area (Å²) >= 11 is 3.65. The fourth-order valence-corrected chi connectivity index (χ4v) is 5.65. The second-order valence-electron chi connectivity index (χ2n) is 8.60. The Morgan fingerprint density at radius 1 is 0.735 bits per heavy atom. The molecular weight excluding hydrogens is 484 g/mol. The van der Waals surface area contributed by atoms with Crippen molar-refractivity contribution in [1.82, 2.24) is 9.13 Å². The molecule has 0 bridgehead atoms. The van der Waals surface area contributed by atoms with Gasteiger partial charge in [0, 0.05) is 50.7 Å². The maximum atomic E-state index is 13.2. The third-order valence-corrected chi connectivity index (χ3v) is 7.15. The summed E-state index contributed by atoms with van der Waals surface area (Å²) in [5, 5.41) is 3.43. The van der Waals surface area contributed by atoms with Crippen molar-refractivity contribution in [2.45, 2.75) is 20.4 Å². The molecule has 34 heavy (non-hydrogen) atoms. The first-order chi connectivity index (χ1) is 16.6. The minimum atomic E-state index is 0.00537. The van der Waals surface area contributed by atoms with Crippen molar-refractivity contribution in [2.24, 2.45) is 0 Å². The molecule has 4 aromatic carbocycles. The monoisotopic (exact) mass is 506 g/mol. The van der Waals surface area contributed by atoms with Gasteiger partial charge in [0.2, 0.25) is 5.91 Å². The summed E-state index contributed by atoms with van der Waals surface area (Å²) in [5.41, 5.74) is 7.49. The van der Waals surface area contributed by atoms with Crippen LogP contribution in [0.15, 0.2) is 95.5 Å². The smallest absolute Gasteiger partial charge is 0.228 e. The van der Waals surface area contributed by atoms with Crippen molar-refractivity contribution in [1.29, 1.82) is 0 Å². The van der Waals surface area contributed by atoms with E-state index in [1.165, 1.54) is 16.4 Å². The first-order valence-corrected chi connectivity index (χ1v) is 12.3. The van der Waals surface area contributed by atoms with E-state index in [0.29, 0.717) is 0 Å². The number of fused-ring (bicyclic) bond motifs is 4. The molecule has 0 radical (unpaired) electrons. The van der Waals surface area contributed by atoms with Crippen LogP contribution in [0.1, 0.15) is 18.6 Å². The maximum Gasteiger partial charge on any atom is 0.228 e. The molecule has 166 valence electrons. The zero-order valence-corrected chi connectivity index (χ0v) is 20.6. The number of nitrogens with zero attached hydrogens (tertiary/aromatic N) is 2. The molecule has 0 aliphatic heterocycles. The van der Waals surface area contributed by atoms with Crippen LogP contribution < -0.4 is 0 Å². The van der Waals surface area contributed by atoms with E-state index >= 15 is 0 Å². The molecule has 2 aromatic heterocycles. The number of rotatable bonds is 3. The van der Waals surface area contributed by atoms with Gasteiger partial charge >= 0.3 is 0 Å². The molecule has 0 atom stereocenters. The van der Waals surface area contributed by atoms with Crippen molar-refractivity contribution < 1.29 is 4.79 Å². The average molecular weight is 507 g/mol. The Balaban J connectivity index is 1.86. The molecule has 0 spiro atoms. The molecule has 0 fully saturated rings. The highest BCUT2D eigenvalue weighted by atomic mass is 79.9. The molecule has 0 aliphatic carbocycles. The quantitative estimate of drug-likeness (QED) is 0.236. The number of carbonyl (C=O) groups is 1. The fourth-order valence-electron chi connectivity index (χ4n) is 5.28. The van der Waals surface area contributed by atoms with Crippen molar-refractivity contribution in [3.8, 4) is 22.4 Å². The van der Waals surface area contributed by atoms with Crippen LogP contribution in [-0.4, -0.2) is 15.0 Å². The van der Waals surface area contributed by atoms with E-state index in [9.17, 15) is 4.79 Å². The molecular formula is C30H23BrN2O. The van der Waals surface area contributed by atoms with Gasteiger partial charge < -0.3 is 4.57 Å². The van der Waals surface area contributed by atoms with Crippen LogP contribution in [0, 0.1) is 0 Å². The minimum Gasteiger partial charge on any atom is -0.341 e.